The Morgan fingerprint density at radius 3 is 2.41 bits per heavy atom. The fourth-order valence-corrected chi connectivity index (χ4v) is 2.83. The molecule has 0 aromatic heterocycles. The molecule has 3 nitrogen and oxygen atoms in total. The van der Waals surface area contributed by atoms with Crippen molar-refractivity contribution in [2.75, 3.05) is 20.1 Å². The molecule has 1 atom stereocenters. The molecule has 0 aliphatic heterocycles. The van der Waals surface area contributed by atoms with Crippen LogP contribution in [0.5, 0.6) is 0 Å². The Hall–Kier alpha value is -0.590. The van der Waals surface area contributed by atoms with Crippen LogP contribution in [0.2, 0.25) is 0 Å². The summed E-state index contributed by atoms with van der Waals surface area (Å²) in [6, 6.07) is 3.07. The second kappa shape index (κ2) is 6.37. The summed E-state index contributed by atoms with van der Waals surface area (Å²) in [6.45, 7) is 8.06. The lowest BCUT2D eigenvalue weighted by atomic mass is 9.86. The van der Waals surface area contributed by atoms with E-state index >= 15 is 0 Å². The zero-order chi connectivity index (χ0) is 12.9. The third kappa shape index (κ3) is 4.29. The van der Waals surface area contributed by atoms with Crippen molar-refractivity contribution in [2.45, 2.75) is 58.0 Å². The number of likely N-dealkylation sites (N-methyl/N-ethyl adjacent to an activating group) is 2. The Morgan fingerprint density at radius 2 is 1.94 bits per heavy atom. The van der Waals surface area contributed by atoms with E-state index in [1.165, 1.54) is 25.7 Å². The van der Waals surface area contributed by atoms with E-state index in [4.69, 9.17) is 0 Å². The topological polar surface area (TPSA) is 39.1 Å². The minimum absolute atomic E-state index is 0.410. The highest BCUT2D eigenvalue weighted by atomic mass is 15.2. The van der Waals surface area contributed by atoms with Gasteiger partial charge in [0.05, 0.1) is 6.07 Å². The highest BCUT2D eigenvalue weighted by Crippen LogP contribution is 2.27. The van der Waals surface area contributed by atoms with Crippen LogP contribution in [0.25, 0.3) is 0 Å². The molecule has 1 aliphatic carbocycles. The molecule has 0 amide bonds. The number of nitrogens with one attached hydrogen (secondary N) is 1. The van der Waals surface area contributed by atoms with Gasteiger partial charge < -0.3 is 4.90 Å². The van der Waals surface area contributed by atoms with Gasteiger partial charge in [-0.25, -0.2) is 0 Å². The quantitative estimate of drug-likeness (QED) is 0.798. The molecule has 0 spiro atoms. The number of nitrogens with zero attached hydrogens (tertiary/aromatic N) is 2. The first-order valence-corrected chi connectivity index (χ1v) is 6.87. The second-order valence-electron chi connectivity index (χ2n) is 5.80. The Labute approximate surface area is 106 Å². The molecular formula is C14H27N3. The first-order chi connectivity index (χ1) is 8.00. The summed E-state index contributed by atoms with van der Waals surface area (Å²) in [4.78, 5) is 2.37. The van der Waals surface area contributed by atoms with Gasteiger partial charge in [0.15, 0.2) is 0 Å². The van der Waals surface area contributed by atoms with Gasteiger partial charge in [0, 0.05) is 12.6 Å². The lowest BCUT2D eigenvalue weighted by Crippen LogP contribution is -2.52. The predicted octanol–water partition coefficient (Wildman–Crippen LogP) is 2.39. The predicted molar refractivity (Wildman–Crippen MR) is 71.7 cm³/mol. The second-order valence-corrected chi connectivity index (χ2v) is 5.80. The van der Waals surface area contributed by atoms with Crippen LogP contribution in [0.15, 0.2) is 0 Å². The monoisotopic (exact) mass is 237 g/mol. The molecule has 1 fully saturated rings. The summed E-state index contributed by atoms with van der Waals surface area (Å²) in [7, 11) is 2.16. The zero-order valence-corrected chi connectivity index (χ0v) is 11.8. The largest absolute Gasteiger partial charge is 0.301 e. The van der Waals surface area contributed by atoms with Crippen LogP contribution in [0.3, 0.4) is 0 Å². The summed E-state index contributed by atoms with van der Waals surface area (Å²) in [6.07, 6.45) is 5.23. The minimum atomic E-state index is -0.410. The molecule has 1 N–H and O–H groups in total. The van der Waals surface area contributed by atoms with E-state index in [2.05, 4.69) is 37.2 Å². The molecular weight excluding hydrogens is 210 g/mol. The molecule has 3 heteroatoms. The number of rotatable bonds is 5. The van der Waals surface area contributed by atoms with E-state index < -0.39 is 5.54 Å². The summed E-state index contributed by atoms with van der Waals surface area (Å²) in [5.41, 5.74) is -0.410. The molecule has 0 aromatic carbocycles. The van der Waals surface area contributed by atoms with E-state index in [0.717, 1.165) is 19.0 Å². The van der Waals surface area contributed by atoms with Crippen LogP contribution >= 0.6 is 0 Å². The van der Waals surface area contributed by atoms with Crippen LogP contribution < -0.4 is 5.32 Å². The third-order valence-electron chi connectivity index (χ3n) is 3.99. The summed E-state index contributed by atoms with van der Waals surface area (Å²) in [5.74, 6) is 0.885. The van der Waals surface area contributed by atoms with Crippen LogP contribution in [-0.4, -0.2) is 36.6 Å². The van der Waals surface area contributed by atoms with E-state index in [-0.39, 0.29) is 0 Å². The maximum atomic E-state index is 9.27. The van der Waals surface area contributed by atoms with E-state index in [1.54, 1.807) is 0 Å². The Balaban J connectivity index is 2.47. The average molecular weight is 237 g/mol. The van der Waals surface area contributed by atoms with Crippen molar-refractivity contribution in [1.82, 2.24) is 10.2 Å². The van der Waals surface area contributed by atoms with Crippen molar-refractivity contribution >= 4 is 0 Å². The molecule has 0 radical (unpaired) electrons. The summed E-state index contributed by atoms with van der Waals surface area (Å²) >= 11 is 0. The molecule has 0 heterocycles. The molecule has 0 saturated heterocycles. The Bertz CT molecular complexity index is 263. The molecule has 98 valence electrons. The first-order valence-electron chi connectivity index (χ1n) is 6.87. The smallest absolute Gasteiger partial charge is 0.116 e. The SMILES string of the molecule is CCNC(C)(C#N)CN(C)C1CCC(C)CC1. The standard InChI is InChI=1S/C14H27N3/c1-5-16-14(3,10-15)11-17(4)13-8-6-12(2)7-9-13/h12-13,16H,5-9,11H2,1-4H3. The van der Waals surface area contributed by atoms with Gasteiger partial charge >= 0.3 is 0 Å². The molecule has 1 saturated carbocycles. The molecule has 1 unspecified atom stereocenters. The van der Waals surface area contributed by atoms with Gasteiger partial charge in [-0.15, -0.1) is 0 Å². The maximum absolute atomic E-state index is 9.27. The normalized spacial score (nSPS) is 28.7. The highest BCUT2D eigenvalue weighted by molar-refractivity contribution is 5.05. The summed E-state index contributed by atoms with van der Waals surface area (Å²) < 4.78 is 0. The fourth-order valence-electron chi connectivity index (χ4n) is 2.83. The summed E-state index contributed by atoms with van der Waals surface area (Å²) in [5, 5.41) is 12.6. The van der Waals surface area contributed by atoms with E-state index in [9.17, 15) is 5.26 Å². The van der Waals surface area contributed by atoms with Gasteiger partial charge in [-0.3, -0.25) is 5.32 Å². The van der Waals surface area contributed by atoms with Crippen LogP contribution in [-0.2, 0) is 0 Å². The van der Waals surface area contributed by atoms with Crippen molar-refractivity contribution in [3.05, 3.63) is 0 Å². The number of nitriles is 1. The van der Waals surface area contributed by atoms with Crippen molar-refractivity contribution in [1.29, 1.82) is 5.26 Å². The molecule has 1 aliphatic rings. The van der Waals surface area contributed by atoms with Crippen molar-refractivity contribution in [3.63, 3.8) is 0 Å². The lowest BCUT2D eigenvalue weighted by Gasteiger charge is -2.37. The van der Waals surface area contributed by atoms with Crippen molar-refractivity contribution < 1.29 is 0 Å². The molecule has 1 rings (SSSR count). The van der Waals surface area contributed by atoms with Crippen LogP contribution in [0.1, 0.15) is 46.5 Å². The van der Waals surface area contributed by atoms with Gasteiger partial charge in [0.2, 0.25) is 0 Å². The van der Waals surface area contributed by atoms with Crippen molar-refractivity contribution in [2.24, 2.45) is 5.92 Å². The van der Waals surface area contributed by atoms with E-state index in [1.807, 2.05) is 6.92 Å². The minimum Gasteiger partial charge on any atom is -0.301 e. The lowest BCUT2D eigenvalue weighted by molar-refractivity contribution is 0.146. The number of hydrogen-bond acceptors (Lipinski definition) is 3. The molecule has 17 heavy (non-hydrogen) atoms. The molecule has 0 bridgehead atoms. The van der Waals surface area contributed by atoms with Gasteiger partial charge in [0.25, 0.3) is 0 Å². The van der Waals surface area contributed by atoms with Crippen LogP contribution in [0, 0.1) is 17.2 Å². The van der Waals surface area contributed by atoms with Gasteiger partial charge in [-0.2, -0.15) is 5.26 Å². The van der Waals surface area contributed by atoms with E-state index in [0.29, 0.717) is 6.04 Å². The first kappa shape index (κ1) is 14.5. The van der Waals surface area contributed by atoms with Crippen LogP contribution in [0.4, 0.5) is 0 Å². The van der Waals surface area contributed by atoms with Gasteiger partial charge in [-0.05, 0) is 52.1 Å². The Morgan fingerprint density at radius 1 is 1.35 bits per heavy atom. The third-order valence-corrected chi connectivity index (χ3v) is 3.99. The fraction of sp³-hybridized carbons (Fsp3) is 0.929. The maximum Gasteiger partial charge on any atom is 0.116 e. The molecule has 0 aromatic rings. The Kier molecular flexibility index (Phi) is 5.42. The van der Waals surface area contributed by atoms with Gasteiger partial charge in [0.1, 0.15) is 5.54 Å². The van der Waals surface area contributed by atoms with Gasteiger partial charge in [-0.1, -0.05) is 13.8 Å². The average Bonchev–Trinajstić information content (AvgIpc) is 2.30. The number of hydrogen-bond donors (Lipinski definition) is 1. The van der Waals surface area contributed by atoms with Crippen molar-refractivity contribution in [3.8, 4) is 6.07 Å². The zero-order valence-electron chi connectivity index (χ0n) is 11.8. The highest BCUT2D eigenvalue weighted by Gasteiger charge is 2.29.